The first-order chi connectivity index (χ1) is 7.74. The van der Waals surface area contributed by atoms with Crippen molar-refractivity contribution in [1.82, 2.24) is 9.97 Å². The maximum atomic E-state index is 5.87. The van der Waals surface area contributed by atoms with Crippen LogP contribution in [0, 0.1) is 6.92 Å². The Morgan fingerprint density at radius 1 is 1.38 bits per heavy atom. The second-order valence-corrected chi connectivity index (χ2v) is 3.95. The van der Waals surface area contributed by atoms with E-state index in [0.29, 0.717) is 11.7 Å². The second-order valence-electron chi connectivity index (χ2n) is 3.57. The van der Waals surface area contributed by atoms with Gasteiger partial charge in [0.1, 0.15) is 11.0 Å². The maximum Gasteiger partial charge on any atom is 0.131 e. The Labute approximate surface area is 99.5 Å². The van der Waals surface area contributed by atoms with Crippen LogP contribution in [0.15, 0.2) is 36.7 Å². The summed E-state index contributed by atoms with van der Waals surface area (Å²) in [6.07, 6.45) is 3.58. The van der Waals surface area contributed by atoms with Crippen LogP contribution in [-0.4, -0.2) is 9.97 Å². The third-order valence-corrected chi connectivity index (χ3v) is 2.33. The SMILES string of the molecule is Cc1cc(Cl)nc(NCc2cccnc2)c1. The monoisotopic (exact) mass is 233 g/mol. The molecule has 0 bridgehead atoms. The minimum Gasteiger partial charge on any atom is -0.366 e. The molecule has 2 heterocycles. The van der Waals surface area contributed by atoms with Crippen LogP contribution in [0.2, 0.25) is 5.15 Å². The van der Waals surface area contributed by atoms with Crippen molar-refractivity contribution in [2.24, 2.45) is 0 Å². The Morgan fingerprint density at radius 3 is 2.94 bits per heavy atom. The van der Waals surface area contributed by atoms with Crippen LogP contribution in [0.3, 0.4) is 0 Å². The predicted molar refractivity (Wildman–Crippen MR) is 65.5 cm³/mol. The van der Waals surface area contributed by atoms with Crippen LogP contribution in [0.5, 0.6) is 0 Å². The largest absolute Gasteiger partial charge is 0.366 e. The van der Waals surface area contributed by atoms with Crippen molar-refractivity contribution < 1.29 is 0 Å². The fourth-order valence-corrected chi connectivity index (χ4v) is 1.67. The smallest absolute Gasteiger partial charge is 0.131 e. The van der Waals surface area contributed by atoms with Gasteiger partial charge < -0.3 is 5.32 Å². The third-order valence-electron chi connectivity index (χ3n) is 2.13. The molecule has 2 aromatic heterocycles. The fourth-order valence-electron chi connectivity index (χ4n) is 1.41. The normalized spacial score (nSPS) is 10.1. The van der Waals surface area contributed by atoms with Crippen molar-refractivity contribution in [2.45, 2.75) is 13.5 Å². The van der Waals surface area contributed by atoms with Gasteiger partial charge in [0, 0.05) is 18.9 Å². The van der Waals surface area contributed by atoms with Crippen molar-refractivity contribution in [3.63, 3.8) is 0 Å². The molecule has 0 unspecified atom stereocenters. The quantitative estimate of drug-likeness (QED) is 0.828. The first-order valence-corrected chi connectivity index (χ1v) is 5.39. The van der Waals surface area contributed by atoms with Gasteiger partial charge >= 0.3 is 0 Å². The Hall–Kier alpha value is -1.61. The highest BCUT2D eigenvalue weighted by Gasteiger charge is 1.98. The Morgan fingerprint density at radius 2 is 2.25 bits per heavy atom. The lowest BCUT2D eigenvalue weighted by Gasteiger charge is -2.06. The number of hydrogen-bond acceptors (Lipinski definition) is 3. The van der Waals surface area contributed by atoms with E-state index in [9.17, 15) is 0 Å². The molecular formula is C12H12ClN3. The van der Waals surface area contributed by atoms with E-state index in [1.54, 1.807) is 6.20 Å². The van der Waals surface area contributed by atoms with E-state index in [2.05, 4.69) is 15.3 Å². The summed E-state index contributed by atoms with van der Waals surface area (Å²) < 4.78 is 0. The molecule has 0 aliphatic heterocycles. The summed E-state index contributed by atoms with van der Waals surface area (Å²) in [6.45, 7) is 2.68. The number of anilines is 1. The van der Waals surface area contributed by atoms with Gasteiger partial charge in [-0.3, -0.25) is 4.98 Å². The molecule has 4 heteroatoms. The van der Waals surface area contributed by atoms with Crippen molar-refractivity contribution in [3.05, 3.63) is 52.9 Å². The van der Waals surface area contributed by atoms with E-state index in [0.717, 1.165) is 16.9 Å². The van der Waals surface area contributed by atoms with Crippen molar-refractivity contribution in [2.75, 3.05) is 5.32 Å². The van der Waals surface area contributed by atoms with E-state index in [-0.39, 0.29) is 0 Å². The summed E-state index contributed by atoms with van der Waals surface area (Å²) in [5, 5.41) is 3.72. The third kappa shape index (κ3) is 2.94. The molecule has 0 radical (unpaired) electrons. The molecule has 0 spiro atoms. The molecule has 0 fully saturated rings. The predicted octanol–water partition coefficient (Wildman–Crippen LogP) is 3.05. The summed E-state index contributed by atoms with van der Waals surface area (Å²) in [6, 6.07) is 7.71. The number of halogens is 1. The molecule has 0 atom stereocenters. The van der Waals surface area contributed by atoms with Gasteiger partial charge in [-0.2, -0.15) is 0 Å². The fraction of sp³-hybridized carbons (Fsp3) is 0.167. The number of hydrogen-bond donors (Lipinski definition) is 1. The van der Waals surface area contributed by atoms with Gasteiger partial charge in [0.2, 0.25) is 0 Å². The number of nitrogens with one attached hydrogen (secondary N) is 1. The van der Waals surface area contributed by atoms with Crippen LogP contribution in [0.1, 0.15) is 11.1 Å². The van der Waals surface area contributed by atoms with Crippen LogP contribution in [0.25, 0.3) is 0 Å². The Bertz CT molecular complexity index is 451. The van der Waals surface area contributed by atoms with Crippen LogP contribution in [-0.2, 0) is 6.54 Å². The van der Waals surface area contributed by atoms with E-state index in [1.807, 2.05) is 37.4 Å². The molecule has 2 aromatic rings. The zero-order valence-electron chi connectivity index (χ0n) is 8.94. The molecule has 0 saturated carbocycles. The van der Waals surface area contributed by atoms with Gasteiger partial charge in [0.15, 0.2) is 0 Å². The second kappa shape index (κ2) is 4.94. The maximum absolute atomic E-state index is 5.87. The highest BCUT2D eigenvalue weighted by molar-refractivity contribution is 6.29. The van der Waals surface area contributed by atoms with E-state index >= 15 is 0 Å². The first-order valence-electron chi connectivity index (χ1n) is 5.01. The molecule has 0 saturated heterocycles. The molecule has 0 aliphatic carbocycles. The molecule has 0 aromatic carbocycles. The van der Waals surface area contributed by atoms with Crippen LogP contribution < -0.4 is 5.32 Å². The summed E-state index contributed by atoms with van der Waals surface area (Å²) in [7, 11) is 0. The number of pyridine rings is 2. The molecular weight excluding hydrogens is 222 g/mol. The molecule has 3 nitrogen and oxygen atoms in total. The highest BCUT2D eigenvalue weighted by Crippen LogP contribution is 2.14. The number of aryl methyl sites for hydroxylation is 1. The highest BCUT2D eigenvalue weighted by atomic mass is 35.5. The Kier molecular flexibility index (Phi) is 3.37. The average Bonchev–Trinajstić information content (AvgIpc) is 2.27. The summed E-state index contributed by atoms with van der Waals surface area (Å²) in [5.74, 6) is 0.786. The van der Waals surface area contributed by atoms with E-state index in [1.165, 1.54) is 0 Å². The van der Waals surface area contributed by atoms with Crippen molar-refractivity contribution in [3.8, 4) is 0 Å². The lowest BCUT2D eigenvalue weighted by molar-refractivity contribution is 1.08. The van der Waals surface area contributed by atoms with Crippen LogP contribution >= 0.6 is 11.6 Å². The van der Waals surface area contributed by atoms with Gasteiger partial charge in [0.25, 0.3) is 0 Å². The topological polar surface area (TPSA) is 37.8 Å². The molecule has 2 rings (SSSR count). The average molecular weight is 234 g/mol. The van der Waals surface area contributed by atoms with Gasteiger partial charge in [0.05, 0.1) is 0 Å². The number of nitrogens with zero attached hydrogens (tertiary/aromatic N) is 2. The molecule has 16 heavy (non-hydrogen) atoms. The van der Waals surface area contributed by atoms with Gasteiger partial charge in [-0.05, 0) is 36.2 Å². The van der Waals surface area contributed by atoms with Crippen molar-refractivity contribution >= 4 is 17.4 Å². The summed E-state index contributed by atoms with van der Waals surface area (Å²) in [4.78, 5) is 8.23. The molecule has 82 valence electrons. The molecule has 0 amide bonds. The Balaban J connectivity index is 2.05. The summed E-state index contributed by atoms with van der Waals surface area (Å²) in [5.41, 5.74) is 2.20. The van der Waals surface area contributed by atoms with E-state index < -0.39 is 0 Å². The van der Waals surface area contributed by atoms with Gasteiger partial charge in [-0.25, -0.2) is 4.98 Å². The first kappa shape index (κ1) is 10.9. The minimum atomic E-state index is 0.508. The lowest BCUT2D eigenvalue weighted by atomic mass is 10.2. The molecule has 1 N–H and O–H groups in total. The van der Waals surface area contributed by atoms with Gasteiger partial charge in [-0.1, -0.05) is 17.7 Å². The minimum absolute atomic E-state index is 0.508. The standard InChI is InChI=1S/C12H12ClN3/c1-9-5-11(13)16-12(6-9)15-8-10-3-2-4-14-7-10/h2-7H,8H2,1H3,(H,15,16). The number of rotatable bonds is 3. The zero-order chi connectivity index (χ0) is 11.4. The summed E-state index contributed by atoms with van der Waals surface area (Å²) >= 11 is 5.87. The van der Waals surface area contributed by atoms with Gasteiger partial charge in [-0.15, -0.1) is 0 Å². The lowest BCUT2D eigenvalue weighted by Crippen LogP contribution is -2.01. The van der Waals surface area contributed by atoms with Crippen molar-refractivity contribution in [1.29, 1.82) is 0 Å². The van der Waals surface area contributed by atoms with E-state index in [4.69, 9.17) is 11.6 Å². The number of aromatic nitrogens is 2. The molecule has 0 aliphatic rings. The zero-order valence-corrected chi connectivity index (χ0v) is 9.70. The van der Waals surface area contributed by atoms with Crippen LogP contribution in [0.4, 0.5) is 5.82 Å².